The summed E-state index contributed by atoms with van der Waals surface area (Å²) >= 11 is 3.69. The zero-order valence-corrected chi connectivity index (χ0v) is 13.0. The third-order valence-electron chi connectivity index (χ3n) is 4.96. The van der Waals surface area contributed by atoms with Crippen LogP contribution in [0.4, 0.5) is 0 Å². The molecule has 0 bridgehead atoms. The Morgan fingerprint density at radius 1 is 1.40 bits per heavy atom. The summed E-state index contributed by atoms with van der Waals surface area (Å²) in [6, 6.07) is 4.24. The van der Waals surface area contributed by atoms with Crippen LogP contribution in [0, 0.1) is 6.92 Å². The Bertz CT molecular complexity index is 756. The maximum absolute atomic E-state index is 11.6. The largest absolute Gasteiger partial charge is 0.481 e. The summed E-state index contributed by atoms with van der Waals surface area (Å²) in [6.07, 6.45) is 3.72. The Hall–Kier alpha value is -1.29. The minimum atomic E-state index is -0.674. The second-order valence-corrected chi connectivity index (χ2v) is 6.87. The number of carboxylic acids is 1. The van der Waals surface area contributed by atoms with E-state index in [1.165, 1.54) is 22.2 Å². The van der Waals surface area contributed by atoms with Gasteiger partial charge in [0.1, 0.15) is 0 Å². The lowest BCUT2D eigenvalue weighted by Gasteiger charge is -2.19. The molecule has 4 rings (SSSR count). The van der Waals surface area contributed by atoms with E-state index in [0.717, 1.165) is 42.3 Å². The van der Waals surface area contributed by atoms with Crippen molar-refractivity contribution in [2.45, 2.75) is 44.6 Å². The van der Waals surface area contributed by atoms with E-state index in [0.29, 0.717) is 0 Å². The van der Waals surface area contributed by atoms with Gasteiger partial charge in [-0.2, -0.15) is 0 Å². The summed E-state index contributed by atoms with van der Waals surface area (Å²) in [5.74, 6) is -0.674. The van der Waals surface area contributed by atoms with Crippen molar-refractivity contribution in [3.63, 3.8) is 0 Å². The first kappa shape index (κ1) is 12.5. The molecule has 1 aromatic carbocycles. The highest BCUT2D eigenvalue weighted by Gasteiger charge is 2.52. The summed E-state index contributed by atoms with van der Waals surface area (Å²) in [5.41, 5.74) is 4.23. The van der Waals surface area contributed by atoms with Crippen LogP contribution in [0.25, 0.3) is 10.9 Å². The van der Waals surface area contributed by atoms with E-state index in [4.69, 9.17) is 0 Å². The van der Waals surface area contributed by atoms with Gasteiger partial charge in [0.2, 0.25) is 0 Å². The smallest absolute Gasteiger partial charge is 0.314 e. The van der Waals surface area contributed by atoms with Gasteiger partial charge in [-0.25, -0.2) is 0 Å². The van der Waals surface area contributed by atoms with E-state index in [1.54, 1.807) is 0 Å². The van der Waals surface area contributed by atoms with Gasteiger partial charge < -0.3 is 9.67 Å². The minimum Gasteiger partial charge on any atom is -0.481 e. The summed E-state index contributed by atoms with van der Waals surface area (Å²) in [5, 5.41) is 10.7. The standard InChI is InChI=1S/C16H16BrNO2/c1-9-13(17)12-8-11(16(4-5-16)15(19)20)7-10-3-2-6-18(9)14(10)12/h7-8H,2-6H2,1H3,(H,19,20). The molecule has 0 saturated heterocycles. The van der Waals surface area contributed by atoms with E-state index in [9.17, 15) is 9.90 Å². The van der Waals surface area contributed by atoms with Crippen molar-refractivity contribution in [3.8, 4) is 0 Å². The summed E-state index contributed by atoms with van der Waals surface area (Å²) in [6.45, 7) is 3.19. The topological polar surface area (TPSA) is 42.2 Å². The number of carbonyl (C=O) groups is 1. The van der Waals surface area contributed by atoms with Crippen molar-refractivity contribution in [2.75, 3.05) is 0 Å². The van der Waals surface area contributed by atoms with Crippen molar-refractivity contribution < 1.29 is 9.90 Å². The molecule has 104 valence electrons. The van der Waals surface area contributed by atoms with Gasteiger partial charge in [-0.15, -0.1) is 0 Å². The van der Waals surface area contributed by atoms with Crippen molar-refractivity contribution in [1.29, 1.82) is 0 Å². The molecule has 2 heterocycles. The number of aliphatic carboxylic acids is 1. The number of carboxylic acid groups (broad SMARTS) is 1. The molecule has 0 unspecified atom stereocenters. The fourth-order valence-electron chi connectivity index (χ4n) is 3.59. The van der Waals surface area contributed by atoms with Gasteiger partial charge in [0.05, 0.1) is 10.9 Å². The molecule has 0 atom stereocenters. The number of aryl methyl sites for hydroxylation is 2. The molecule has 0 spiro atoms. The maximum Gasteiger partial charge on any atom is 0.314 e. The average molecular weight is 334 g/mol. The van der Waals surface area contributed by atoms with Crippen LogP contribution in [-0.2, 0) is 23.2 Å². The van der Waals surface area contributed by atoms with E-state index >= 15 is 0 Å². The Labute approximate surface area is 125 Å². The van der Waals surface area contributed by atoms with Crippen molar-refractivity contribution in [2.24, 2.45) is 0 Å². The molecule has 0 radical (unpaired) electrons. The van der Waals surface area contributed by atoms with Gasteiger partial charge in [0.25, 0.3) is 0 Å². The van der Waals surface area contributed by atoms with E-state index in [-0.39, 0.29) is 0 Å². The zero-order chi connectivity index (χ0) is 14.1. The Kier molecular flexibility index (Phi) is 2.41. The fraction of sp³-hybridized carbons (Fsp3) is 0.438. The number of nitrogens with zero attached hydrogens (tertiary/aromatic N) is 1. The molecule has 20 heavy (non-hydrogen) atoms. The van der Waals surface area contributed by atoms with Gasteiger partial charge in [-0.3, -0.25) is 4.79 Å². The molecule has 2 aromatic rings. The van der Waals surface area contributed by atoms with Crippen LogP contribution >= 0.6 is 15.9 Å². The van der Waals surface area contributed by atoms with Gasteiger partial charge in [-0.05, 0) is 65.7 Å². The van der Waals surface area contributed by atoms with Gasteiger partial charge >= 0.3 is 5.97 Å². The Balaban J connectivity index is 2.04. The lowest BCUT2D eigenvalue weighted by atomic mass is 9.91. The second-order valence-electron chi connectivity index (χ2n) is 6.07. The number of halogens is 1. The number of aromatic nitrogens is 1. The zero-order valence-electron chi connectivity index (χ0n) is 11.4. The van der Waals surface area contributed by atoms with Crippen LogP contribution < -0.4 is 0 Å². The quantitative estimate of drug-likeness (QED) is 0.908. The maximum atomic E-state index is 11.6. The molecule has 1 aliphatic heterocycles. The highest BCUT2D eigenvalue weighted by atomic mass is 79.9. The molecule has 1 aliphatic carbocycles. The molecule has 1 N–H and O–H groups in total. The fourth-order valence-corrected chi connectivity index (χ4v) is 4.10. The summed E-state index contributed by atoms with van der Waals surface area (Å²) in [7, 11) is 0. The first-order chi connectivity index (χ1) is 9.54. The average Bonchev–Trinajstić information content (AvgIpc) is 3.21. The van der Waals surface area contributed by atoms with Crippen LogP contribution in [0.1, 0.15) is 36.1 Å². The van der Waals surface area contributed by atoms with Gasteiger partial charge in [-0.1, -0.05) is 6.07 Å². The van der Waals surface area contributed by atoms with Crippen LogP contribution in [0.3, 0.4) is 0 Å². The Morgan fingerprint density at radius 2 is 2.15 bits per heavy atom. The van der Waals surface area contributed by atoms with Gasteiger partial charge in [0.15, 0.2) is 0 Å². The lowest BCUT2D eigenvalue weighted by Crippen LogP contribution is -2.20. The molecule has 4 heteroatoms. The third-order valence-corrected chi connectivity index (χ3v) is 5.96. The third kappa shape index (κ3) is 1.43. The van der Waals surface area contributed by atoms with E-state index < -0.39 is 11.4 Å². The number of hydrogen-bond donors (Lipinski definition) is 1. The first-order valence-electron chi connectivity index (χ1n) is 7.10. The summed E-state index contributed by atoms with van der Waals surface area (Å²) < 4.78 is 3.49. The predicted octanol–water partition coefficient (Wildman–Crippen LogP) is 3.77. The van der Waals surface area contributed by atoms with Crippen molar-refractivity contribution >= 4 is 32.8 Å². The van der Waals surface area contributed by atoms with Crippen LogP contribution in [-0.4, -0.2) is 15.6 Å². The SMILES string of the molecule is Cc1c(Br)c2cc(C3(C(=O)O)CC3)cc3c2n1CCC3. The van der Waals surface area contributed by atoms with Crippen LogP contribution in [0.2, 0.25) is 0 Å². The molecule has 3 nitrogen and oxygen atoms in total. The number of rotatable bonds is 2. The number of hydrogen-bond acceptors (Lipinski definition) is 1. The van der Waals surface area contributed by atoms with E-state index in [1.807, 2.05) is 0 Å². The van der Waals surface area contributed by atoms with Crippen LogP contribution in [0.5, 0.6) is 0 Å². The monoisotopic (exact) mass is 333 g/mol. The Morgan fingerprint density at radius 3 is 2.80 bits per heavy atom. The van der Waals surface area contributed by atoms with Crippen molar-refractivity contribution in [1.82, 2.24) is 4.57 Å². The molecule has 1 aromatic heterocycles. The second kappa shape index (κ2) is 3.88. The number of benzene rings is 1. The molecule has 2 aliphatic rings. The van der Waals surface area contributed by atoms with Gasteiger partial charge in [0, 0.05) is 22.1 Å². The summed E-state index contributed by atoms with van der Waals surface area (Å²) in [4.78, 5) is 11.6. The minimum absolute atomic E-state index is 0.614. The molecular weight excluding hydrogens is 318 g/mol. The highest BCUT2D eigenvalue weighted by molar-refractivity contribution is 9.10. The van der Waals surface area contributed by atoms with E-state index in [2.05, 4.69) is 39.6 Å². The molecule has 1 saturated carbocycles. The highest BCUT2D eigenvalue weighted by Crippen LogP contribution is 2.50. The molecular formula is C16H16BrNO2. The van der Waals surface area contributed by atoms with Crippen LogP contribution in [0.15, 0.2) is 16.6 Å². The first-order valence-corrected chi connectivity index (χ1v) is 7.89. The molecule has 0 amide bonds. The normalized spacial score (nSPS) is 19.3. The van der Waals surface area contributed by atoms with Crippen molar-refractivity contribution in [3.05, 3.63) is 33.4 Å². The predicted molar refractivity (Wildman–Crippen MR) is 81.2 cm³/mol. The molecule has 1 fully saturated rings. The lowest BCUT2D eigenvalue weighted by molar-refractivity contribution is -0.140.